The van der Waals surface area contributed by atoms with Gasteiger partial charge in [-0.05, 0) is 42.3 Å². The molecule has 1 aromatic heterocycles. The van der Waals surface area contributed by atoms with Crippen LogP contribution in [-0.2, 0) is 34.7 Å². The summed E-state index contributed by atoms with van der Waals surface area (Å²) in [5.41, 5.74) is 2.51. The second-order valence-corrected chi connectivity index (χ2v) is 9.93. The third kappa shape index (κ3) is 5.49. The molecule has 0 unspecified atom stereocenters. The van der Waals surface area contributed by atoms with Gasteiger partial charge in [-0.25, -0.2) is 13.4 Å². The predicted octanol–water partition coefficient (Wildman–Crippen LogP) is 3.55. The molecule has 2 aromatic carbocycles. The fourth-order valence-electron chi connectivity index (χ4n) is 3.68. The summed E-state index contributed by atoms with van der Waals surface area (Å²) < 4.78 is 28.9. The molecule has 3 aromatic rings. The van der Waals surface area contributed by atoms with Gasteiger partial charge in [0.05, 0.1) is 15.9 Å². The zero-order chi connectivity index (χ0) is 23.3. The minimum Gasteiger partial charge on any atom is -0.356 e. The molecule has 0 saturated heterocycles. The van der Waals surface area contributed by atoms with Crippen molar-refractivity contribution in [3.63, 3.8) is 0 Å². The minimum atomic E-state index is -3.55. The molecular formula is C23H29ClN4O3S. The van der Waals surface area contributed by atoms with Crippen molar-refractivity contribution in [1.29, 1.82) is 0 Å². The van der Waals surface area contributed by atoms with Gasteiger partial charge in [0.1, 0.15) is 5.82 Å². The van der Waals surface area contributed by atoms with Gasteiger partial charge in [0.25, 0.3) is 0 Å². The third-order valence-corrected chi connectivity index (χ3v) is 7.77. The number of carbonyl (C=O) groups is 1. The minimum absolute atomic E-state index is 0.0520. The SMILES string of the molecule is CCN(CC)S(=O)(=O)c1ccc2c(c1)nc(CCC(=O)NCCc1cccc(Cl)c1)n2C. The van der Waals surface area contributed by atoms with E-state index in [0.29, 0.717) is 49.4 Å². The molecule has 7 nitrogen and oxygen atoms in total. The van der Waals surface area contributed by atoms with Crippen molar-refractivity contribution >= 4 is 38.6 Å². The van der Waals surface area contributed by atoms with E-state index in [2.05, 4.69) is 10.3 Å². The summed E-state index contributed by atoms with van der Waals surface area (Å²) in [6.07, 6.45) is 1.48. The lowest BCUT2D eigenvalue weighted by molar-refractivity contribution is -0.121. The number of imidazole rings is 1. The highest BCUT2D eigenvalue weighted by molar-refractivity contribution is 7.89. The molecule has 0 aliphatic rings. The largest absolute Gasteiger partial charge is 0.356 e. The molecule has 0 saturated carbocycles. The summed E-state index contributed by atoms with van der Waals surface area (Å²) in [4.78, 5) is 17.1. The maximum Gasteiger partial charge on any atom is 0.243 e. The van der Waals surface area contributed by atoms with Gasteiger partial charge < -0.3 is 9.88 Å². The van der Waals surface area contributed by atoms with Gasteiger partial charge in [-0.3, -0.25) is 4.79 Å². The van der Waals surface area contributed by atoms with E-state index in [4.69, 9.17) is 11.6 Å². The first-order chi connectivity index (χ1) is 15.3. The molecule has 0 radical (unpaired) electrons. The van der Waals surface area contributed by atoms with E-state index in [1.165, 1.54) is 4.31 Å². The summed E-state index contributed by atoms with van der Waals surface area (Å²) in [7, 11) is -1.67. The van der Waals surface area contributed by atoms with Gasteiger partial charge in [0.2, 0.25) is 15.9 Å². The Morgan fingerprint density at radius 2 is 1.88 bits per heavy atom. The number of rotatable bonds is 10. The van der Waals surface area contributed by atoms with E-state index >= 15 is 0 Å². The maximum atomic E-state index is 12.8. The number of aryl methyl sites for hydroxylation is 2. The smallest absolute Gasteiger partial charge is 0.243 e. The molecule has 172 valence electrons. The van der Waals surface area contributed by atoms with Crippen LogP contribution in [-0.4, -0.2) is 47.8 Å². The number of hydrogen-bond donors (Lipinski definition) is 1. The van der Waals surface area contributed by atoms with Crippen LogP contribution < -0.4 is 5.32 Å². The van der Waals surface area contributed by atoms with Crippen LogP contribution >= 0.6 is 11.6 Å². The normalized spacial score (nSPS) is 11.9. The summed E-state index contributed by atoms with van der Waals surface area (Å²) >= 11 is 5.98. The van der Waals surface area contributed by atoms with E-state index in [-0.39, 0.29) is 10.8 Å². The zero-order valence-corrected chi connectivity index (χ0v) is 20.2. The number of benzene rings is 2. The van der Waals surface area contributed by atoms with Crippen LogP contribution in [0.1, 0.15) is 31.7 Å². The molecular weight excluding hydrogens is 448 g/mol. The molecule has 1 heterocycles. The summed E-state index contributed by atoms with van der Waals surface area (Å²) in [6, 6.07) is 12.6. The fraction of sp³-hybridized carbons (Fsp3) is 0.391. The molecule has 1 amide bonds. The molecule has 3 rings (SSSR count). The Kier molecular flexibility index (Phi) is 7.92. The average molecular weight is 477 g/mol. The predicted molar refractivity (Wildman–Crippen MR) is 127 cm³/mol. The lowest BCUT2D eigenvalue weighted by Crippen LogP contribution is -2.30. The lowest BCUT2D eigenvalue weighted by atomic mass is 10.1. The van der Waals surface area contributed by atoms with Gasteiger partial charge in [0.15, 0.2) is 0 Å². The standard InChI is InChI=1S/C23H29ClN4O3S/c1-4-28(5-2)32(30,31)19-9-10-21-20(16-19)26-22(27(21)3)11-12-23(29)25-14-13-17-7-6-8-18(24)15-17/h6-10,15-16H,4-5,11-14H2,1-3H3,(H,25,29). The number of nitrogens with one attached hydrogen (secondary N) is 1. The molecule has 1 N–H and O–H groups in total. The van der Waals surface area contributed by atoms with Crippen LogP contribution in [0.4, 0.5) is 0 Å². The second kappa shape index (κ2) is 10.5. The maximum absolute atomic E-state index is 12.8. The first kappa shape index (κ1) is 24.2. The van der Waals surface area contributed by atoms with Crippen LogP contribution in [0.15, 0.2) is 47.4 Å². The van der Waals surface area contributed by atoms with Crippen molar-refractivity contribution in [2.75, 3.05) is 19.6 Å². The van der Waals surface area contributed by atoms with Crippen molar-refractivity contribution in [2.45, 2.75) is 38.0 Å². The Morgan fingerprint density at radius 3 is 2.56 bits per heavy atom. The van der Waals surface area contributed by atoms with E-state index in [1.54, 1.807) is 18.2 Å². The van der Waals surface area contributed by atoms with Crippen LogP contribution in [0, 0.1) is 0 Å². The number of hydrogen-bond acceptors (Lipinski definition) is 4. The van der Waals surface area contributed by atoms with E-state index in [1.807, 2.05) is 49.7 Å². The molecule has 32 heavy (non-hydrogen) atoms. The van der Waals surface area contributed by atoms with E-state index < -0.39 is 10.0 Å². The third-order valence-electron chi connectivity index (χ3n) is 5.49. The Labute approximate surface area is 194 Å². The monoisotopic (exact) mass is 476 g/mol. The van der Waals surface area contributed by atoms with Crippen LogP contribution in [0.5, 0.6) is 0 Å². The van der Waals surface area contributed by atoms with Gasteiger partial charge in [-0.2, -0.15) is 4.31 Å². The highest BCUT2D eigenvalue weighted by atomic mass is 35.5. The molecule has 0 aliphatic carbocycles. The highest BCUT2D eigenvalue weighted by Gasteiger charge is 2.22. The summed E-state index contributed by atoms with van der Waals surface area (Å²) in [5, 5.41) is 3.61. The number of nitrogens with zero attached hydrogens (tertiary/aromatic N) is 3. The second-order valence-electron chi connectivity index (χ2n) is 7.56. The number of aromatic nitrogens is 2. The average Bonchev–Trinajstić information content (AvgIpc) is 3.08. The molecule has 0 bridgehead atoms. The fourth-order valence-corrected chi connectivity index (χ4v) is 5.37. The van der Waals surface area contributed by atoms with Crippen molar-refractivity contribution in [2.24, 2.45) is 7.05 Å². The number of sulfonamides is 1. The Bertz CT molecular complexity index is 1200. The van der Waals surface area contributed by atoms with Gasteiger partial charge in [-0.15, -0.1) is 0 Å². The number of amides is 1. The van der Waals surface area contributed by atoms with Crippen molar-refractivity contribution in [3.05, 3.63) is 58.9 Å². The van der Waals surface area contributed by atoms with E-state index in [9.17, 15) is 13.2 Å². The highest BCUT2D eigenvalue weighted by Crippen LogP contribution is 2.22. The Hall–Kier alpha value is -2.42. The molecule has 0 aliphatic heterocycles. The van der Waals surface area contributed by atoms with Gasteiger partial charge >= 0.3 is 0 Å². The Morgan fingerprint density at radius 1 is 1.12 bits per heavy atom. The topological polar surface area (TPSA) is 84.3 Å². The summed E-state index contributed by atoms with van der Waals surface area (Å²) in [5.74, 6) is 0.686. The van der Waals surface area contributed by atoms with Crippen LogP contribution in [0.25, 0.3) is 11.0 Å². The quantitative estimate of drug-likeness (QED) is 0.485. The van der Waals surface area contributed by atoms with E-state index in [0.717, 1.165) is 16.9 Å². The molecule has 0 spiro atoms. The van der Waals surface area contributed by atoms with Crippen molar-refractivity contribution < 1.29 is 13.2 Å². The molecule has 9 heteroatoms. The van der Waals surface area contributed by atoms with Gasteiger partial charge in [-0.1, -0.05) is 37.6 Å². The summed E-state index contributed by atoms with van der Waals surface area (Å²) in [6.45, 7) is 5.00. The van der Waals surface area contributed by atoms with Gasteiger partial charge in [0, 0.05) is 44.5 Å². The molecule has 0 fully saturated rings. The van der Waals surface area contributed by atoms with Crippen LogP contribution in [0.3, 0.4) is 0 Å². The van der Waals surface area contributed by atoms with Crippen molar-refractivity contribution in [3.8, 4) is 0 Å². The first-order valence-electron chi connectivity index (χ1n) is 10.7. The number of fused-ring (bicyclic) bond motifs is 1. The van der Waals surface area contributed by atoms with Crippen LogP contribution in [0.2, 0.25) is 5.02 Å². The van der Waals surface area contributed by atoms with Crippen molar-refractivity contribution in [1.82, 2.24) is 19.2 Å². The zero-order valence-electron chi connectivity index (χ0n) is 18.6. The first-order valence-corrected chi connectivity index (χ1v) is 12.5. The number of carbonyl (C=O) groups excluding carboxylic acids is 1. The number of halogens is 1. The Balaban J connectivity index is 1.63. The molecule has 0 atom stereocenters. The lowest BCUT2D eigenvalue weighted by Gasteiger charge is -2.18.